The average Bonchev–Trinajstić information content (AvgIpc) is 2.35. The molecule has 0 saturated heterocycles. The lowest BCUT2D eigenvalue weighted by molar-refractivity contribution is 0.617. The van der Waals surface area contributed by atoms with E-state index in [4.69, 9.17) is 0 Å². The first-order valence-corrected chi connectivity index (χ1v) is 6.29. The Balaban J connectivity index is 2.06. The van der Waals surface area contributed by atoms with Crippen molar-refractivity contribution in [3.8, 4) is 0 Å². The molecule has 0 aliphatic heterocycles. The molecular weight excluding hydrogens is 300 g/mol. The van der Waals surface area contributed by atoms with Gasteiger partial charge in [0.2, 0.25) is 0 Å². The molecule has 0 aliphatic rings. The first kappa shape index (κ1) is 13.0. The van der Waals surface area contributed by atoms with Crippen molar-refractivity contribution < 1.29 is 8.78 Å². The number of halogens is 3. The summed E-state index contributed by atoms with van der Waals surface area (Å²) in [5.74, 6) is -0.550. The lowest BCUT2D eigenvalue weighted by atomic mass is 10.2. The van der Waals surface area contributed by atoms with E-state index in [1.165, 1.54) is 12.1 Å². The van der Waals surface area contributed by atoms with E-state index in [1.807, 2.05) is 6.07 Å². The molecule has 0 atom stereocenters. The van der Waals surface area contributed by atoms with Crippen LogP contribution in [0.1, 0.15) is 11.1 Å². The fraction of sp³-hybridized carbons (Fsp3) is 0.143. The molecule has 0 aromatic heterocycles. The predicted molar refractivity (Wildman–Crippen MR) is 72.6 cm³/mol. The summed E-state index contributed by atoms with van der Waals surface area (Å²) in [6.07, 6.45) is 0. The Morgan fingerprint density at radius 1 is 1.06 bits per heavy atom. The quantitative estimate of drug-likeness (QED) is 0.870. The minimum Gasteiger partial charge on any atom is -0.381 e. The van der Waals surface area contributed by atoms with E-state index in [0.29, 0.717) is 22.3 Å². The highest BCUT2D eigenvalue weighted by Gasteiger charge is 2.02. The van der Waals surface area contributed by atoms with E-state index in [-0.39, 0.29) is 11.6 Å². The van der Waals surface area contributed by atoms with Crippen LogP contribution in [0.5, 0.6) is 0 Å². The van der Waals surface area contributed by atoms with Gasteiger partial charge in [-0.3, -0.25) is 0 Å². The van der Waals surface area contributed by atoms with Crippen molar-refractivity contribution in [2.24, 2.45) is 0 Å². The van der Waals surface area contributed by atoms with Gasteiger partial charge in [-0.15, -0.1) is 0 Å². The predicted octanol–water partition coefficient (Wildman–Crippen LogP) is 4.65. The maximum absolute atomic E-state index is 13.3. The third kappa shape index (κ3) is 3.07. The Morgan fingerprint density at radius 2 is 1.83 bits per heavy atom. The fourth-order valence-corrected chi connectivity index (χ4v) is 1.80. The van der Waals surface area contributed by atoms with Gasteiger partial charge in [-0.1, -0.05) is 12.1 Å². The molecule has 1 N–H and O–H groups in total. The second-order valence-electron chi connectivity index (χ2n) is 4.07. The third-order valence-electron chi connectivity index (χ3n) is 2.65. The van der Waals surface area contributed by atoms with E-state index >= 15 is 0 Å². The maximum atomic E-state index is 13.3. The smallest absolute Gasteiger partial charge is 0.137 e. The molecule has 0 fully saturated rings. The second kappa shape index (κ2) is 5.48. The van der Waals surface area contributed by atoms with Gasteiger partial charge in [0.25, 0.3) is 0 Å². The molecule has 0 bridgehead atoms. The Hall–Kier alpha value is -1.42. The zero-order valence-electron chi connectivity index (χ0n) is 9.81. The lowest BCUT2D eigenvalue weighted by Gasteiger charge is -2.08. The molecule has 0 amide bonds. The Kier molecular flexibility index (Phi) is 3.97. The van der Waals surface area contributed by atoms with Crippen LogP contribution in [0.25, 0.3) is 0 Å². The zero-order chi connectivity index (χ0) is 13.1. The number of benzene rings is 2. The first-order chi connectivity index (χ1) is 8.56. The normalized spacial score (nSPS) is 10.4. The third-order valence-corrected chi connectivity index (χ3v) is 3.30. The van der Waals surface area contributed by atoms with Crippen molar-refractivity contribution in [2.75, 3.05) is 5.32 Å². The number of hydrogen-bond donors (Lipinski definition) is 1. The van der Waals surface area contributed by atoms with Gasteiger partial charge in [0.05, 0.1) is 4.47 Å². The Labute approximate surface area is 113 Å². The summed E-state index contributed by atoms with van der Waals surface area (Å²) in [6, 6.07) is 9.85. The van der Waals surface area contributed by atoms with Gasteiger partial charge in [-0.2, -0.15) is 0 Å². The summed E-state index contributed by atoms with van der Waals surface area (Å²) in [4.78, 5) is 0. The van der Waals surface area contributed by atoms with Gasteiger partial charge >= 0.3 is 0 Å². The first-order valence-electron chi connectivity index (χ1n) is 5.50. The van der Waals surface area contributed by atoms with Crippen LogP contribution in [-0.4, -0.2) is 0 Å². The van der Waals surface area contributed by atoms with Gasteiger partial charge < -0.3 is 5.32 Å². The summed E-state index contributed by atoms with van der Waals surface area (Å²) in [5, 5.41) is 3.05. The van der Waals surface area contributed by atoms with Crippen LogP contribution in [0.15, 0.2) is 40.9 Å². The minimum absolute atomic E-state index is 0.248. The molecule has 94 valence electrons. The fourth-order valence-electron chi connectivity index (χ4n) is 1.56. The van der Waals surface area contributed by atoms with E-state index in [1.54, 1.807) is 25.1 Å². The summed E-state index contributed by atoms with van der Waals surface area (Å²) in [7, 11) is 0. The number of hydrogen-bond acceptors (Lipinski definition) is 1. The molecule has 0 unspecified atom stereocenters. The largest absolute Gasteiger partial charge is 0.381 e. The molecule has 2 aromatic rings. The standard InChI is InChI=1S/C14H12BrF2N/c1-9-2-4-11(7-13(9)16)18-8-10-3-5-12(15)14(17)6-10/h2-7,18H,8H2,1H3. The van der Waals surface area contributed by atoms with E-state index in [9.17, 15) is 8.78 Å². The van der Waals surface area contributed by atoms with Crippen molar-refractivity contribution >= 4 is 21.6 Å². The molecule has 1 nitrogen and oxygen atoms in total. The number of aryl methyl sites for hydroxylation is 1. The van der Waals surface area contributed by atoms with Gasteiger partial charge in [0.15, 0.2) is 0 Å². The molecule has 4 heteroatoms. The molecule has 18 heavy (non-hydrogen) atoms. The van der Waals surface area contributed by atoms with E-state index in [0.717, 1.165) is 5.56 Å². The minimum atomic E-state index is -0.301. The maximum Gasteiger partial charge on any atom is 0.137 e. The van der Waals surface area contributed by atoms with Crippen LogP contribution in [0.4, 0.5) is 14.5 Å². The van der Waals surface area contributed by atoms with Gasteiger partial charge in [-0.25, -0.2) is 8.78 Å². The van der Waals surface area contributed by atoms with Gasteiger partial charge in [0, 0.05) is 12.2 Å². The summed E-state index contributed by atoms with van der Waals surface area (Å²) >= 11 is 3.10. The van der Waals surface area contributed by atoms with Crippen LogP contribution in [0.3, 0.4) is 0 Å². The summed E-state index contributed by atoms with van der Waals surface area (Å²) < 4.78 is 27.0. The average molecular weight is 312 g/mol. The van der Waals surface area contributed by atoms with Crippen molar-refractivity contribution in [1.29, 1.82) is 0 Å². The molecule has 0 saturated carbocycles. The Bertz CT molecular complexity index is 518. The van der Waals surface area contributed by atoms with E-state index < -0.39 is 0 Å². The molecule has 0 spiro atoms. The Morgan fingerprint density at radius 3 is 2.50 bits per heavy atom. The van der Waals surface area contributed by atoms with Gasteiger partial charge in [0.1, 0.15) is 11.6 Å². The van der Waals surface area contributed by atoms with Crippen molar-refractivity contribution in [3.63, 3.8) is 0 Å². The van der Waals surface area contributed by atoms with Crippen molar-refractivity contribution in [3.05, 3.63) is 63.6 Å². The highest BCUT2D eigenvalue weighted by atomic mass is 79.9. The lowest BCUT2D eigenvalue weighted by Crippen LogP contribution is -2.00. The zero-order valence-corrected chi connectivity index (χ0v) is 11.4. The molecule has 0 radical (unpaired) electrons. The monoisotopic (exact) mass is 311 g/mol. The molecule has 0 aliphatic carbocycles. The topological polar surface area (TPSA) is 12.0 Å². The van der Waals surface area contributed by atoms with Crippen LogP contribution < -0.4 is 5.32 Å². The van der Waals surface area contributed by atoms with Crippen molar-refractivity contribution in [2.45, 2.75) is 13.5 Å². The molecule has 0 heterocycles. The molecule has 2 rings (SSSR count). The van der Waals surface area contributed by atoms with Crippen LogP contribution >= 0.6 is 15.9 Å². The molecular formula is C14H12BrF2N. The van der Waals surface area contributed by atoms with Crippen molar-refractivity contribution in [1.82, 2.24) is 0 Å². The SMILES string of the molecule is Cc1ccc(NCc2ccc(Br)c(F)c2)cc1F. The van der Waals surface area contributed by atoms with Crippen LogP contribution in [0, 0.1) is 18.6 Å². The highest BCUT2D eigenvalue weighted by Crippen LogP contribution is 2.18. The van der Waals surface area contributed by atoms with Crippen LogP contribution in [0.2, 0.25) is 0 Å². The number of nitrogens with one attached hydrogen (secondary N) is 1. The van der Waals surface area contributed by atoms with Gasteiger partial charge in [-0.05, 0) is 58.2 Å². The second-order valence-corrected chi connectivity index (χ2v) is 4.92. The summed E-state index contributed by atoms with van der Waals surface area (Å²) in [5.41, 5.74) is 2.09. The molecule has 2 aromatic carbocycles. The number of rotatable bonds is 3. The highest BCUT2D eigenvalue weighted by molar-refractivity contribution is 9.10. The number of anilines is 1. The van der Waals surface area contributed by atoms with Crippen LogP contribution in [-0.2, 0) is 6.54 Å². The summed E-state index contributed by atoms with van der Waals surface area (Å²) in [6.45, 7) is 2.16. The van der Waals surface area contributed by atoms with E-state index in [2.05, 4.69) is 21.2 Å².